The highest BCUT2D eigenvalue weighted by Crippen LogP contribution is 2.13. The largest absolute Gasteiger partial charge is 0.387 e. The molecule has 102 valence electrons. The van der Waals surface area contributed by atoms with Gasteiger partial charge in [-0.25, -0.2) is 0 Å². The number of rotatable bonds is 4. The topological polar surface area (TPSA) is 78.7 Å². The van der Waals surface area contributed by atoms with Crippen molar-refractivity contribution in [2.24, 2.45) is 10.2 Å². The van der Waals surface area contributed by atoms with Crippen molar-refractivity contribution in [3.05, 3.63) is 24.0 Å². The molecule has 6 heteroatoms. The van der Waals surface area contributed by atoms with Gasteiger partial charge in [-0.3, -0.25) is 9.78 Å². The lowest BCUT2D eigenvalue weighted by Gasteiger charge is -2.19. The maximum atomic E-state index is 11.8. The Balaban J connectivity index is 1.85. The second-order valence-electron chi connectivity index (χ2n) is 4.71. The molecular formula is C13H19N5O. The number of nitrogens with zero attached hydrogens (tertiary/aromatic N) is 3. The van der Waals surface area contributed by atoms with E-state index < -0.39 is 0 Å². The van der Waals surface area contributed by atoms with Crippen molar-refractivity contribution in [1.29, 1.82) is 0 Å². The molecular weight excluding hydrogens is 242 g/mol. The first-order valence-electron chi connectivity index (χ1n) is 6.49. The molecule has 1 amide bonds. The normalized spacial score (nSPS) is 22.0. The fraction of sp³-hybridized carbons (Fsp3) is 0.538. The van der Waals surface area contributed by atoms with Gasteiger partial charge in [0.15, 0.2) is 0 Å². The van der Waals surface area contributed by atoms with Gasteiger partial charge in [-0.2, -0.15) is 10.2 Å². The van der Waals surface area contributed by atoms with Crippen LogP contribution in [-0.4, -0.2) is 30.1 Å². The van der Waals surface area contributed by atoms with Gasteiger partial charge in [0.05, 0.1) is 24.3 Å². The molecule has 0 bridgehead atoms. The molecule has 2 rings (SSSR count). The van der Waals surface area contributed by atoms with Gasteiger partial charge in [0.25, 0.3) is 0 Å². The van der Waals surface area contributed by atoms with E-state index in [9.17, 15) is 4.79 Å². The van der Waals surface area contributed by atoms with Gasteiger partial charge in [0.2, 0.25) is 5.91 Å². The van der Waals surface area contributed by atoms with Gasteiger partial charge in [-0.15, -0.1) is 0 Å². The Morgan fingerprint density at radius 3 is 2.79 bits per heavy atom. The summed E-state index contributed by atoms with van der Waals surface area (Å²) in [5.41, 5.74) is 1.68. The lowest BCUT2D eigenvalue weighted by atomic mass is 10.1. The number of anilines is 1. The highest BCUT2D eigenvalue weighted by molar-refractivity contribution is 5.78. The SMILES string of the molecule is CNc1ccc(CC(=O)NC2CCC(C)N=N2)nc1. The fourth-order valence-electron chi connectivity index (χ4n) is 1.89. The van der Waals surface area contributed by atoms with Crippen LogP contribution in [0.3, 0.4) is 0 Å². The summed E-state index contributed by atoms with van der Waals surface area (Å²) < 4.78 is 0. The van der Waals surface area contributed by atoms with E-state index in [1.54, 1.807) is 6.20 Å². The van der Waals surface area contributed by atoms with Gasteiger partial charge in [0.1, 0.15) is 6.17 Å². The van der Waals surface area contributed by atoms with E-state index in [1.165, 1.54) is 0 Å². The van der Waals surface area contributed by atoms with Crippen molar-refractivity contribution in [2.45, 2.75) is 38.4 Å². The minimum atomic E-state index is -0.180. The van der Waals surface area contributed by atoms with Crippen LogP contribution >= 0.6 is 0 Å². The van der Waals surface area contributed by atoms with Crippen molar-refractivity contribution < 1.29 is 4.79 Å². The third-order valence-electron chi connectivity index (χ3n) is 3.04. The Morgan fingerprint density at radius 1 is 1.37 bits per heavy atom. The van der Waals surface area contributed by atoms with Crippen LogP contribution in [0.2, 0.25) is 0 Å². The minimum absolute atomic E-state index is 0.0665. The lowest BCUT2D eigenvalue weighted by molar-refractivity contribution is -0.121. The first kappa shape index (κ1) is 13.5. The van der Waals surface area contributed by atoms with Crippen LogP contribution in [-0.2, 0) is 11.2 Å². The lowest BCUT2D eigenvalue weighted by Crippen LogP contribution is -2.36. The Bertz CT molecular complexity index is 457. The van der Waals surface area contributed by atoms with E-state index in [-0.39, 0.29) is 24.5 Å². The average Bonchev–Trinajstić information content (AvgIpc) is 2.42. The maximum absolute atomic E-state index is 11.8. The van der Waals surface area contributed by atoms with Crippen LogP contribution in [0.15, 0.2) is 28.6 Å². The molecule has 6 nitrogen and oxygen atoms in total. The second-order valence-corrected chi connectivity index (χ2v) is 4.71. The molecule has 19 heavy (non-hydrogen) atoms. The van der Waals surface area contributed by atoms with Gasteiger partial charge in [-0.1, -0.05) is 0 Å². The molecule has 0 aromatic carbocycles. The molecule has 0 saturated carbocycles. The van der Waals surface area contributed by atoms with Crippen LogP contribution in [0.1, 0.15) is 25.5 Å². The molecule has 2 heterocycles. The third kappa shape index (κ3) is 4.01. The van der Waals surface area contributed by atoms with Crippen LogP contribution in [0.4, 0.5) is 5.69 Å². The predicted molar refractivity (Wildman–Crippen MR) is 73.0 cm³/mol. The molecule has 2 N–H and O–H groups in total. The zero-order chi connectivity index (χ0) is 13.7. The van der Waals surface area contributed by atoms with E-state index in [2.05, 4.69) is 25.8 Å². The number of hydrogen-bond donors (Lipinski definition) is 2. The van der Waals surface area contributed by atoms with Crippen molar-refractivity contribution in [1.82, 2.24) is 10.3 Å². The average molecular weight is 261 g/mol. The smallest absolute Gasteiger partial charge is 0.227 e. The van der Waals surface area contributed by atoms with Gasteiger partial charge in [-0.05, 0) is 31.9 Å². The number of carbonyl (C=O) groups excluding carboxylic acids is 1. The van der Waals surface area contributed by atoms with Crippen LogP contribution in [0.25, 0.3) is 0 Å². The second kappa shape index (κ2) is 6.26. The number of aromatic nitrogens is 1. The Labute approximate surface area is 112 Å². The molecule has 2 atom stereocenters. The minimum Gasteiger partial charge on any atom is -0.387 e. The predicted octanol–water partition coefficient (Wildman–Crippen LogP) is 1.74. The van der Waals surface area contributed by atoms with E-state index in [0.29, 0.717) is 0 Å². The van der Waals surface area contributed by atoms with E-state index in [0.717, 1.165) is 24.2 Å². The summed E-state index contributed by atoms with van der Waals surface area (Å²) in [5, 5.41) is 14.0. The highest BCUT2D eigenvalue weighted by atomic mass is 16.1. The maximum Gasteiger partial charge on any atom is 0.227 e. The van der Waals surface area contributed by atoms with E-state index >= 15 is 0 Å². The van der Waals surface area contributed by atoms with Crippen LogP contribution < -0.4 is 10.6 Å². The van der Waals surface area contributed by atoms with E-state index in [4.69, 9.17) is 0 Å². The van der Waals surface area contributed by atoms with Crippen molar-refractivity contribution >= 4 is 11.6 Å². The van der Waals surface area contributed by atoms with Crippen LogP contribution in [0, 0.1) is 0 Å². The van der Waals surface area contributed by atoms with Crippen LogP contribution in [0.5, 0.6) is 0 Å². The molecule has 0 radical (unpaired) electrons. The summed E-state index contributed by atoms with van der Waals surface area (Å²) in [6.07, 6.45) is 3.61. The summed E-state index contributed by atoms with van der Waals surface area (Å²) >= 11 is 0. The number of hydrogen-bond acceptors (Lipinski definition) is 5. The fourth-order valence-corrected chi connectivity index (χ4v) is 1.89. The Kier molecular flexibility index (Phi) is 4.43. The number of nitrogens with one attached hydrogen (secondary N) is 2. The summed E-state index contributed by atoms with van der Waals surface area (Å²) in [4.78, 5) is 16.1. The Morgan fingerprint density at radius 2 is 2.21 bits per heavy atom. The molecule has 1 aromatic rings. The third-order valence-corrected chi connectivity index (χ3v) is 3.04. The summed E-state index contributed by atoms with van der Waals surface area (Å²) in [6, 6.07) is 4.01. The Hall–Kier alpha value is -1.98. The van der Waals surface area contributed by atoms with Crippen molar-refractivity contribution in [3.63, 3.8) is 0 Å². The molecule has 1 aliphatic rings. The van der Waals surface area contributed by atoms with Crippen molar-refractivity contribution in [2.75, 3.05) is 12.4 Å². The summed E-state index contributed by atoms with van der Waals surface area (Å²) in [6.45, 7) is 2.02. The highest BCUT2D eigenvalue weighted by Gasteiger charge is 2.17. The molecule has 0 aliphatic carbocycles. The number of azo groups is 1. The molecule has 2 unspecified atom stereocenters. The van der Waals surface area contributed by atoms with Gasteiger partial charge >= 0.3 is 0 Å². The number of carbonyl (C=O) groups is 1. The summed E-state index contributed by atoms with van der Waals surface area (Å²) in [5.74, 6) is -0.0665. The number of pyridine rings is 1. The molecule has 0 spiro atoms. The standard InChI is InChI=1S/C13H19N5O/c1-9-3-6-12(18-17-9)16-13(19)7-10-4-5-11(14-2)8-15-10/h4-5,8-9,12,14H,3,6-7H2,1-2H3,(H,16,19). The molecule has 1 aromatic heterocycles. The molecule has 0 fully saturated rings. The monoisotopic (exact) mass is 261 g/mol. The van der Waals surface area contributed by atoms with Gasteiger partial charge in [0, 0.05) is 12.7 Å². The first-order chi connectivity index (χ1) is 9.17. The first-order valence-corrected chi connectivity index (χ1v) is 6.49. The zero-order valence-electron chi connectivity index (χ0n) is 11.3. The van der Waals surface area contributed by atoms with E-state index in [1.807, 2.05) is 26.1 Å². The van der Waals surface area contributed by atoms with Gasteiger partial charge < -0.3 is 10.6 Å². The summed E-state index contributed by atoms with van der Waals surface area (Å²) in [7, 11) is 1.83. The van der Waals surface area contributed by atoms with Crippen molar-refractivity contribution in [3.8, 4) is 0 Å². The molecule has 0 saturated heterocycles. The quantitative estimate of drug-likeness (QED) is 0.866. The number of amides is 1. The molecule has 1 aliphatic heterocycles. The zero-order valence-corrected chi connectivity index (χ0v) is 11.3.